The molecule has 2 rings (SSSR count). The van der Waals surface area contributed by atoms with Crippen molar-refractivity contribution < 1.29 is 14.5 Å². The van der Waals surface area contributed by atoms with E-state index in [9.17, 15) is 19.7 Å². The number of nitro groups is 1. The average molecular weight is 362 g/mol. The molecule has 1 aliphatic rings. The van der Waals surface area contributed by atoms with Gasteiger partial charge in [-0.05, 0) is 44.7 Å². The molecule has 1 aromatic carbocycles. The number of rotatable bonds is 8. The minimum absolute atomic E-state index is 0.0895. The van der Waals surface area contributed by atoms with E-state index in [2.05, 4.69) is 5.32 Å². The summed E-state index contributed by atoms with van der Waals surface area (Å²) in [6.07, 6.45) is 2.61. The SMILES string of the molecule is CCN(CC)C(=O)c1ccc(NCC2CCN(C=O)CC2)c([N+](=O)[O-])c1. The lowest BCUT2D eigenvalue weighted by Gasteiger charge is -2.29. The van der Waals surface area contributed by atoms with Gasteiger partial charge in [0.05, 0.1) is 4.92 Å². The van der Waals surface area contributed by atoms with E-state index in [1.807, 2.05) is 13.8 Å². The molecule has 1 heterocycles. The molecule has 0 aromatic heterocycles. The Labute approximate surface area is 153 Å². The van der Waals surface area contributed by atoms with Gasteiger partial charge in [-0.1, -0.05) is 0 Å². The summed E-state index contributed by atoms with van der Waals surface area (Å²) < 4.78 is 0. The normalized spacial score (nSPS) is 14.8. The van der Waals surface area contributed by atoms with E-state index in [1.165, 1.54) is 6.07 Å². The zero-order valence-corrected chi connectivity index (χ0v) is 15.3. The van der Waals surface area contributed by atoms with Gasteiger partial charge in [0, 0.05) is 44.4 Å². The molecule has 26 heavy (non-hydrogen) atoms. The Hall–Kier alpha value is -2.64. The Kier molecular flexibility index (Phi) is 6.94. The summed E-state index contributed by atoms with van der Waals surface area (Å²) >= 11 is 0. The summed E-state index contributed by atoms with van der Waals surface area (Å²) in [5.74, 6) is 0.161. The fourth-order valence-electron chi connectivity index (χ4n) is 3.18. The fourth-order valence-corrected chi connectivity index (χ4v) is 3.18. The summed E-state index contributed by atoms with van der Waals surface area (Å²) in [7, 11) is 0. The number of likely N-dealkylation sites (tertiary alicyclic amines) is 1. The first kappa shape index (κ1) is 19.7. The molecular formula is C18H26N4O4. The van der Waals surface area contributed by atoms with Gasteiger partial charge in [0.15, 0.2) is 0 Å². The molecule has 0 aliphatic carbocycles. The van der Waals surface area contributed by atoms with Crippen LogP contribution in [0.25, 0.3) is 0 Å². The second-order valence-electron chi connectivity index (χ2n) is 6.43. The molecule has 8 heteroatoms. The van der Waals surface area contributed by atoms with Gasteiger partial charge in [0.1, 0.15) is 5.69 Å². The molecule has 1 saturated heterocycles. The molecule has 8 nitrogen and oxygen atoms in total. The Balaban J connectivity index is 2.08. The lowest BCUT2D eigenvalue weighted by molar-refractivity contribution is -0.384. The third kappa shape index (κ3) is 4.71. The lowest BCUT2D eigenvalue weighted by atomic mass is 9.97. The number of nitro benzene ring substituents is 1. The van der Waals surface area contributed by atoms with Crippen LogP contribution >= 0.6 is 0 Å². The predicted octanol–water partition coefficient (Wildman–Crippen LogP) is 2.36. The van der Waals surface area contributed by atoms with Gasteiger partial charge in [-0.3, -0.25) is 19.7 Å². The highest BCUT2D eigenvalue weighted by atomic mass is 16.6. The highest BCUT2D eigenvalue weighted by Gasteiger charge is 2.22. The van der Waals surface area contributed by atoms with Gasteiger partial charge in [0.25, 0.3) is 11.6 Å². The van der Waals surface area contributed by atoms with E-state index in [-0.39, 0.29) is 11.6 Å². The summed E-state index contributed by atoms with van der Waals surface area (Å²) in [4.78, 5) is 37.5. The van der Waals surface area contributed by atoms with Crippen molar-refractivity contribution in [2.24, 2.45) is 5.92 Å². The zero-order valence-electron chi connectivity index (χ0n) is 15.3. The number of anilines is 1. The molecule has 2 amide bonds. The van der Waals surface area contributed by atoms with Gasteiger partial charge in [-0.15, -0.1) is 0 Å². The number of nitrogens with one attached hydrogen (secondary N) is 1. The van der Waals surface area contributed by atoms with Crippen molar-refractivity contribution in [3.05, 3.63) is 33.9 Å². The van der Waals surface area contributed by atoms with Crippen molar-refractivity contribution in [1.82, 2.24) is 9.80 Å². The van der Waals surface area contributed by atoms with Crippen molar-refractivity contribution in [2.75, 3.05) is 38.0 Å². The van der Waals surface area contributed by atoms with Gasteiger partial charge >= 0.3 is 0 Å². The van der Waals surface area contributed by atoms with Gasteiger partial charge in [-0.2, -0.15) is 0 Å². The van der Waals surface area contributed by atoms with Crippen LogP contribution in [0.15, 0.2) is 18.2 Å². The Bertz CT molecular complexity index is 653. The quantitative estimate of drug-likeness (QED) is 0.435. The van der Waals surface area contributed by atoms with Crippen molar-refractivity contribution >= 4 is 23.7 Å². The van der Waals surface area contributed by atoms with Crippen molar-refractivity contribution in [3.8, 4) is 0 Å². The average Bonchev–Trinajstić information content (AvgIpc) is 2.67. The van der Waals surface area contributed by atoms with Crippen molar-refractivity contribution in [3.63, 3.8) is 0 Å². The standard InChI is InChI=1S/C18H26N4O4/c1-3-21(4-2)18(24)15-5-6-16(17(11-15)22(25)26)19-12-14-7-9-20(13-23)10-8-14/h5-6,11,13-14,19H,3-4,7-10,12H2,1-2H3. The molecule has 0 radical (unpaired) electrons. The number of piperidine rings is 1. The number of amides is 2. The maximum Gasteiger partial charge on any atom is 0.293 e. The first-order valence-electron chi connectivity index (χ1n) is 9.01. The largest absolute Gasteiger partial charge is 0.379 e. The first-order chi connectivity index (χ1) is 12.5. The number of carbonyl (C=O) groups is 2. The first-order valence-corrected chi connectivity index (χ1v) is 9.01. The number of hydrogen-bond donors (Lipinski definition) is 1. The number of benzene rings is 1. The summed E-state index contributed by atoms with van der Waals surface area (Å²) in [6, 6.07) is 4.58. The minimum Gasteiger partial charge on any atom is -0.379 e. The number of hydrogen-bond acceptors (Lipinski definition) is 5. The molecule has 0 spiro atoms. The van der Waals surface area contributed by atoms with Crippen LogP contribution < -0.4 is 5.32 Å². The fraction of sp³-hybridized carbons (Fsp3) is 0.556. The highest BCUT2D eigenvalue weighted by Crippen LogP contribution is 2.27. The van der Waals surface area contributed by atoms with Crippen LogP contribution in [0.5, 0.6) is 0 Å². The van der Waals surface area contributed by atoms with E-state index in [0.717, 1.165) is 32.3 Å². The minimum atomic E-state index is -0.462. The molecule has 0 atom stereocenters. The van der Waals surface area contributed by atoms with Gasteiger partial charge in [-0.25, -0.2) is 0 Å². The van der Waals surface area contributed by atoms with E-state index in [1.54, 1.807) is 21.9 Å². The summed E-state index contributed by atoms with van der Waals surface area (Å²) in [6.45, 7) is 6.91. The Morgan fingerprint density at radius 2 is 2.00 bits per heavy atom. The van der Waals surface area contributed by atoms with Crippen LogP contribution in [0, 0.1) is 16.0 Å². The third-order valence-electron chi connectivity index (χ3n) is 4.87. The molecule has 0 bridgehead atoms. The van der Waals surface area contributed by atoms with Crippen LogP contribution in [0.1, 0.15) is 37.0 Å². The predicted molar refractivity (Wildman–Crippen MR) is 99.2 cm³/mol. The molecule has 1 aromatic rings. The van der Waals surface area contributed by atoms with Crippen molar-refractivity contribution in [2.45, 2.75) is 26.7 Å². The molecule has 1 N–H and O–H groups in total. The highest BCUT2D eigenvalue weighted by molar-refractivity contribution is 5.95. The van der Waals surface area contributed by atoms with Gasteiger partial charge in [0.2, 0.25) is 6.41 Å². The van der Waals surface area contributed by atoms with E-state index in [0.29, 0.717) is 36.8 Å². The van der Waals surface area contributed by atoms with E-state index < -0.39 is 4.92 Å². The smallest absolute Gasteiger partial charge is 0.293 e. The van der Waals surface area contributed by atoms with Crippen molar-refractivity contribution in [1.29, 1.82) is 0 Å². The summed E-state index contributed by atoms with van der Waals surface area (Å²) in [5.41, 5.74) is 0.655. The maximum atomic E-state index is 12.4. The number of nitrogens with zero attached hydrogens (tertiary/aromatic N) is 3. The molecule has 0 saturated carbocycles. The zero-order chi connectivity index (χ0) is 19.1. The molecule has 0 unspecified atom stereocenters. The molecule has 1 fully saturated rings. The summed E-state index contributed by atoms with van der Waals surface area (Å²) in [5, 5.41) is 14.6. The van der Waals surface area contributed by atoms with E-state index >= 15 is 0 Å². The van der Waals surface area contributed by atoms with Gasteiger partial charge < -0.3 is 15.1 Å². The molecule has 142 valence electrons. The topological polar surface area (TPSA) is 95.8 Å². The maximum absolute atomic E-state index is 12.4. The Morgan fingerprint density at radius 3 is 2.54 bits per heavy atom. The van der Waals surface area contributed by atoms with E-state index in [4.69, 9.17) is 0 Å². The second kappa shape index (κ2) is 9.17. The molecular weight excluding hydrogens is 336 g/mol. The number of carbonyl (C=O) groups excluding carboxylic acids is 2. The van der Waals surface area contributed by atoms with Crippen LogP contribution in [-0.2, 0) is 4.79 Å². The van der Waals surface area contributed by atoms with Crippen LogP contribution in [0.2, 0.25) is 0 Å². The monoisotopic (exact) mass is 362 g/mol. The second-order valence-corrected chi connectivity index (χ2v) is 6.43. The van der Waals surface area contributed by atoms with Crippen LogP contribution in [-0.4, -0.2) is 59.8 Å². The Morgan fingerprint density at radius 1 is 1.35 bits per heavy atom. The van der Waals surface area contributed by atoms with Crippen LogP contribution in [0.3, 0.4) is 0 Å². The van der Waals surface area contributed by atoms with Crippen LogP contribution in [0.4, 0.5) is 11.4 Å². The third-order valence-corrected chi connectivity index (χ3v) is 4.87. The lowest BCUT2D eigenvalue weighted by Crippen LogP contribution is -2.34. The molecule has 1 aliphatic heterocycles.